The number of halogens is 3. The maximum Gasteiger partial charge on any atom is 0.142 e. The first kappa shape index (κ1) is 13.7. The summed E-state index contributed by atoms with van der Waals surface area (Å²) < 4.78 is 26.5. The molecular formula is C17H10ClF2N. The molecule has 0 bridgehead atoms. The number of aromatic nitrogens is 1. The van der Waals surface area contributed by atoms with E-state index in [1.54, 1.807) is 30.5 Å². The lowest BCUT2D eigenvalue weighted by Crippen LogP contribution is -1.87. The Kier molecular flexibility index (Phi) is 3.67. The van der Waals surface area contributed by atoms with Crippen LogP contribution in [0.1, 0.15) is 0 Å². The van der Waals surface area contributed by atoms with E-state index in [2.05, 4.69) is 4.98 Å². The van der Waals surface area contributed by atoms with E-state index in [0.717, 1.165) is 11.1 Å². The third kappa shape index (κ3) is 2.93. The summed E-state index contributed by atoms with van der Waals surface area (Å²) in [5.74, 6) is -0.760. The van der Waals surface area contributed by atoms with E-state index >= 15 is 0 Å². The summed E-state index contributed by atoms with van der Waals surface area (Å²) in [6.45, 7) is 0. The molecule has 0 amide bonds. The summed E-state index contributed by atoms with van der Waals surface area (Å²) >= 11 is 5.69. The topological polar surface area (TPSA) is 12.9 Å². The predicted molar refractivity (Wildman–Crippen MR) is 80.0 cm³/mol. The van der Waals surface area contributed by atoms with E-state index in [9.17, 15) is 8.78 Å². The second-order valence-electron chi connectivity index (χ2n) is 4.57. The van der Waals surface area contributed by atoms with Crippen molar-refractivity contribution in [1.29, 1.82) is 0 Å². The highest BCUT2D eigenvalue weighted by atomic mass is 35.5. The molecular weight excluding hydrogens is 292 g/mol. The van der Waals surface area contributed by atoms with E-state index in [1.807, 2.05) is 6.07 Å². The van der Waals surface area contributed by atoms with Crippen LogP contribution in [-0.4, -0.2) is 4.98 Å². The number of benzene rings is 2. The van der Waals surface area contributed by atoms with Gasteiger partial charge in [0.25, 0.3) is 0 Å². The molecule has 0 unspecified atom stereocenters. The summed E-state index contributed by atoms with van der Waals surface area (Å²) in [6, 6.07) is 14.3. The third-order valence-corrected chi connectivity index (χ3v) is 3.46. The van der Waals surface area contributed by atoms with E-state index in [1.165, 1.54) is 24.3 Å². The zero-order chi connectivity index (χ0) is 14.8. The van der Waals surface area contributed by atoms with Gasteiger partial charge in [-0.15, -0.1) is 0 Å². The van der Waals surface area contributed by atoms with Crippen LogP contribution < -0.4 is 0 Å². The summed E-state index contributed by atoms with van der Waals surface area (Å²) in [4.78, 5) is 4.26. The molecule has 0 aliphatic heterocycles. The summed E-state index contributed by atoms with van der Waals surface area (Å²) in [6.07, 6.45) is 1.64. The van der Waals surface area contributed by atoms with Gasteiger partial charge < -0.3 is 0 Å². The average Bonchev–Trinajstić information content (AvgIpc) is 2.51. The lowest BCUT2D eigenvalue weighted by molar-refractivity contribution is 0.628. The van der Waals surface area contributed by atoms with E-state index < -0.39 is 5.82 Å². The molecule has 0 atom stereocenters. The Bertz CT molecular complexity index is 785. The maximum atomic E-state index is 13.5. The van der Waals surface area contributed by atoms with Crippen LogP contribution in [-0.2, 0) is 0 Å². The molecule has 4 heteroatoms. The number of rotatable bonds is 2. The Labute approximate surface area is 125 Å². The van der Waals surface area contributed by atoms with Gasteiger partial charge >= 0.3 is 0 Å². The summed E-state index contributed by atoms with van der Waals surface area (Å²) in [5.41, 5.74) is 3.03. The minimum atomic E-state index is -0.464. The molecule has 3 rings (SSSR count). The van der Waals surface area contributed by atoms with Gasteiger partial charge in [-0.25, -0.2) is 8.78 Å². The second kappa shape index (κ2) is 5.62. The Morgan fingerprint density at radius 3 is 2.14 bits per heavy atom. The molecule has 0 fully saturated rings. The molecule has 1 heterocycles. The van der Waals surface area contributed by atoms with Crippen molar-refractivity contribution in [3.05, 3.63) is 77.5 Å². The van der Waals surface area contributed by atoms with Gasteiger partial charge in [0.15, 0.2) is 0 Å². The van der Waals surface area contributed by atoms with Crippen LogP contribution in [0.3, 0.4) is 0 Å². The quantitative estimate of drug-likeness (QED) is 0.622. The van der Waals surface area contributed by atoms with Gasteiger partial charge in [-0.05, 0) is 59.7 Å². The van der Waals surface area contributed by atoms with Crippen molar-refractivity contribution in [2.24, 2.45) is 0 Å². The molecule has 0 aliphatic carbocycles. The fourth-order valence-electron chi connectivity index (χ4n) is 2.06. The molecule has 0 aliphatic rings. The Morgan fingerprint density at radius 2 is 1.43 bits per heavy atom. The van der Waals surface area contributed by atoms with Gasteiger partial charge in [-0.3, -0.25) is 4.98 Å². The smallest absolute Gasteiger partial charge is 0.142 e. The van der Waals surface area contributed by atoms with Crippen LogP contribution in [0.5, 0.6) is 0 Å². The minimum Gasteiger partial charge on any atom is -0.256 e. The van der Waals surface area contributed by atoms with Crippen molar-refractivity contribution in [1.82, 2.24) is 4.98 Å². The highest BCUT2D eigenvalue weighted by Crippen LogP contribution is 2.27. The monoisotopic (exact) mass is 301 g/mol. The van der Waals surface area contributed by atoms with Gasteiger partial charge in [-0.2, -0.15) is 0 Å². The molecule has 1 nitrogen and oxygen atoms in total. The first-order valence-electron chi connectivity index (χ1n) is 6.31. The van der Waals surface area contributed by atoms with Crippen molar-refractivity contribution in [2.75, 3.05) is 0 Å². The van der Waals surface area contributed by atoms with E-state index in [0.29, 0.717) is 11.3 Å². The molecule has 0 N–H and O–H groups in total. The molecule has 1 aromatic heterocycles. The molecule has 0 radical (unpaired) electrons. The van der Waals surface area contributed by atoms with E-state index in [-0.39, 0.29) is 10.8 Å². The number of nitrogens with zero attached hydrogens (tertiary/aromatic N) is 1. The number of pyridine rings is 1. The standard InChI is InChI=1S/C17H10ClF2N/c18-15-6-3-12(9-16(15)20)13-7-8-21-17(10-13)11-1-4-14(19)5-2-11/h1-10H. The average molecular weight is 302 g/mol. The fraction of sp³-hybridized carbons (Fsp3) is 0. The van der Waals surface area contributed by atoms with Gasteiger partial charge in [-0.1, -0.05) is 17.7 Å². The van der Waals surface area contributed by atoms with Crippen molar-refractivity contribution in [3.63, 3.8) is 0 Å². The van der Waals surface area contributed by atoms with Crippen LogP contribution in [0.2, 0.25) is 5.02 Å². The van der Waals surface area contributed by atoms with Crippen molar-refractivity contribution in [3.8, 4) is 22.4 Å². The molecule has 0 saturated heterocycles. The number of hydrogen-bond acceptors (Lipinski definition) is 1. The van der Waals surface area contributed by atoms with Crippen LogP contribution in [0.15, 0.2) is 60.8 Å². The first-order chi connectivity index (χ1) is 10.1. The van der Waals surface area contributed by atoms with Crippen LogP contribution in [0, 0.1) is 11.6 Å². The fourth-order valence-corrected chi connectivity index (χ4v) is 2.18. The molecule has 0 saturated carbocycles. The SMILES string of the molecule is Fc1ccc(-c2cc(-c3ccc(Cl)c(F)c3)ccn2)cc1. The Morgan fingerprint density at radius 1 is 0.762 bits per heavy atom. The van der Waals surface area contributed by atoms with Gasteiger partial charge in [0, 0.05) is 11.8 Å². The Hall–Kier alpha value is -2.26. The first-order valence-corrected chi connectivity index (χ1v) is 6.69. The summed E-state index contributed by atoms with van der Waals surface area (Å²) in [5, 5.41) is 0.0894. The second-order valence-corrected chi connectivity index (χ2v) is 4.97. The maximum absolute atomic E-state index is 13.5. The van der Waals surface area contributed by atoms with Crippen molar-refractivity contribution >= 4 is 11.6 Å². The van der Waals surface area contributed by atoms with E-state index in [4.69, 9.17) is 11.6 Å². The van der Waals surface area contributed by atoms with Gasteiger partial charge in [0.1, 0.15) is 11.6 Å². The largest absolute Gasteiger partial charge is 0.256 e. The highest BCUT2D eigenvalue weighted by molar-refractivity contribution is 6.30. The van der Waals surface area contributed by atoms with Crippen LogP contribution in [0.25, 0.3) is 22.4 Å². The predicted octanol–water partition coefficient (Wildman–Crippen LogP) is 5.35. The molecule has 0 spiro atoms. The molecule has 2 aromatic carbocycles. The van der Waals surface area contributed by atoms with Crippen molar-refractivity contribution < 1.29 is 8.78 Å². The molecule has 21 heavy (non-hydrogen) atoms. The zero-order valence-electron chi connectivity index (χ0n) is 10.9. The number of hydrogen-bond donors (Lipinski definition) is 0. The Balaban J connectivity index is 2.03. The lowest BCUT2D eigenvalue weighted by Gasteiger charge is -2.06. The highest BCUT2D eigenvalue weighted by Gasteiger charge is 2.06. The third-order valence-electron chi connectivity index (χ3n) is 3.15. The minimum absolute atomic E-state index is 0.0894. The van der Waals surface area contributed by atoms with Gasteiger partial charge in [0.2, 0.25) is 0 Å². The van der Waals surface area contributed by atoms with Crippen molar-refractivity contribution in [2.45, 2.75) is 0 Å². The molecule has 104 valence electrons. The van der Waals surface area contributed by atoms with Crippen LogP contribution >= 0.6 is 11.6 Å². The normalized spacial score (nSPS) is 10.6. The van der Waals surface area contributed by atoms with Gasteiger partial charge in [0.05, 0.1) is 10.7 Å². The lowest BCUT2D eigenvalue weighted by atomic mass is 10.0. The van der Waals surface area contributed by atoms with Crippen LogP contribution in [0.4, 0.5) is 8.78 Å². The summed E-state index contributed by atoms with van der Waals surface area (Å²) in [7, 11) is 0. The zero-order valence-corrected chi connectivity index (χ0v) is 11.6. The molecule has 3 aromatic rings.